The largest absolute Gasteiger partial charge is 0.372 e. The zero-order chi connectivity index (χ0) is 14.7. The van der Waals surface area contributed by atoms with Crippen molar-refractivity contribution >= 4 is 23.5 Å². The summed E-state index contributed by atoms with van der Waals surface area (Å²) >= 11 is 0. The number of rotatable bonds is 5. The van der Waals surface area contributed by atoms with Gasteiger partial charge in [-0.05, 0) is 31.5 Å². The van der Waals surface area contributed by atoms with Crippen molar-refractivity contribution in [1.82, 2.24) is 10.2 Å². The molecule has 1 aliphatic heterocycles. The number of benzene rings is 1. The van der Waals surface area contributed by atoms with Gasteiger partial charge in [0.05, 0.1) is 6.54 Å². The van der Waals surface area contributed by atoms with Gasteiger partial charge in [0.2, 0.25) is 0 Å². The second kappa shape index (κ2) is 5.73. The lowest BCUT2D eigenvalue weighted by molar-refractivity contribution is -0.140. The van der Waals surface area contributed by atoms with Crippen LogP contribution in [0, 0.1) is 0 Å². The molecule has 1 N–H and O–H groups in total. The lowest BCUT2D eigenvalue weighted by atomic mass is 10.2. The van der Waals surface area contributed by atoms with Crippen LogP contribution in [-0.2, 0) is 16.1 Å². The molecule has 6 nitrogen and oxygen atoms in total. The zero-order valence-electron chi connectivity index (χ0n) is 11.5. The number of anilines is 1. The Bertz CT molecular complexity index is 535. The molecule has 1 saturated heterocycles. The number of hydrogen-bond acceptors (Lipinski definition) is 4. The maximum absolute atomic E-state index is 11.5. The van der Waals surface area contributed by atoms with Crippen molar-refractivity contribution in [2.45, 2.75) is 20.4 Å². The summed E-state index contributed by atoms with van der Waals surface area (Å²) in [6.45, 7) is 6.09. The predicted octanol–water partition coefficient (Wildman–Crippen LogP) is 1.11. The SMILES string of the molecule is CCN(CC)c1ccc(CN2C(=O)NC(=O)C2=O)cc1. The number of urea groups is 1. The fourth-order valence-electron chi connectivity index (χ4n) is 2.16. The van der Waals surface area contributed by atoms with E-state index in [-0.39, 0.29) is 6.54 Å². The standard InChI is InChI=1S/C14H17N3O3/c1-3-16(4-2)11-7-5-10(6-8-11)9-17-13(19)12(18)15-14(17)20/h5-8H,3-4,9H2,1-2H3,(H,15,18,20). The third kappa shape index (κ3) is 2.64. The number of nitrogens with zero attached hydrogens (tertiary/aromatic N) is 2. The van der Waals surface area contributed by atoms with Gasteiger partial charge in [-0.25, -0.2) is 4.79 Å². The van der Waals surface area contributed by atoms with Crippen LogP contribution < -0.4 is 10.2 Å². The molecular formula is C14H17N3O3. The molecule has 106 valence electrons. The molecule has 1 aromatic rings. The van der Waals surface area contributed by atoms with Crippen molar-refractivity contribution in [1.29, 1.82) is 0 Å². The van der Waals surface area contributed by atoms with E-state index >= 15 is 0 Å². The van der Waals surface area contributed by atoms with Crippen LogP contribution in [0.3, 0.4) is 0 Å². The molecule has 20 heavy (non-hydrogen) atoms. The van der Waals surface area contributed by atoms with Gasteiger partial charge < -0.3 is 4.90 Å². The average Bonchev–Trinajstić information content (AvgIpc) is 2.68. The number of carbonyl (C=O) groups excluding carboxylic acids is 3. The van der Waals surface area contributed by atoms with E-state index in [9.17, 15) is 14.4 Å². The second-order valence-corrected chi connectivity index (χ2v) is 4.49. The van der Waals surface area contributed by atoms with Gasteiger partial charge in [0.15, 0.2) is 0 Å². The minimum Gasteiger partial charge on any atom is -0.372 e. The Kier molecular flexibility index (Phi) is 4.02. The quantitative estimate of drug-likeness (QED) is 0.645. The van der Waals surface area contributed by atoms with Gasteiger partial charge in [0.25, 0.3) is 0 Å². The molecule has 0 unspecified atom stereocenters. The highest BCUT2D eigenvalue weighted by atomic mass is 16.2. The van der Waals surface area contributed by atoms with E-state index in [1.165, 1.54) is 0 Å². The maximum atomic E-state index is 11.5. The summed E-state index contributed by atoms with van der Waals surface area (Å²) in [4.78, 5) is 37.1. The maximum Gasteiger partial charge on any atom is 0.331 e. The molecular weight excluding hydrogens is 258 g/mol. The molecule has 0 bridgehead atoms. The van der Waals surface area contributed by atoms with Gasteiger partial charge in [0, 0.05) is 18.8 Å². The summed E-state index contributed by atoms with van der Waals surface area (Å²) in [6.07, 6.45) is 0. The number of hydrogen-bond donors (Lipinski definition) is 1. The van der Waals surface area contributed by atoms with Gasteiger partial charge in [-0.1, -0.05) is 12.1 Å². The van der Waals surface area contributed by atoms with E-state index in [4.69, 9.17) is 0 Å². The molecule has 0 spiro atoms. The van der Waals surface area contributed by atoms with Gasteiger partial charge >= 0.3 is 17.8 Å². The molecule has 1 aromatic carbocycles. The second-order valence-electron chi connectivity index (χ2n) is 4.49. The Hall–Kier alpha value is -2.37. The monoisotopic (exact) mass is 275 g/mol. The lowest BCUT2D eigenvalue weighted by Gasteiger charge is -2.21. The number of nitrogens with one attached hydrogen (secondary N) is 1. The minimum absolute atomic E-state index is 0.106. The van der Waals surface area contributed by atoms with E-state index in [1.807, 2.05) is 29.6 Å². The van der Waals surface area contributed by atoms with E-state index in [0.29, 0.717) is 0 Å². The molecule has 0 atom stereocenters. The van der Waals surface area contributed by atoms with Crippen molar-refractivity contribution in [3.05, 3.63) is 29.8 Å². The minimum atomic E-state index is -0.866. The smallest absolute Gasteiger partial charge is 0.331 e. The lowest BCUT2D eigenvalue weighted by Crippen LogP contribution is -2.30. The van der Waals surface area contributed by atoms with Crippen LogP contribution in [0.1, 0.15) is 19.4 Å². The highest BCUT2D eigenvalue weighted by Crippen LogP contribution is 2.16. The molecule has 0 aliphatic carbocycles. The van der Waals surface area contributed by atoms with Crippen molar-refractivity contribution in [3.63, 3.8) is 0 Å². The Morgan fingerprint density at radius 3 is 2.10 bits per heavy atom. The van der Waals surface area contributed by atoms with Crippen LogP contribution in [0.2, 0.25) is 0 Å². The summed E-state index contributed by atoms with van der Waals surface area (Å²) < 4.78 is 0. The van der Waals surface area contributed by atoms with E-state index in [0.717, 1.165) is 29.2 Å². The van der Waals surface area contributed by atoms with Gasteiger partial charge in [0.1, 0.15) is 0 Å². The summed E-state index contributed by atoms with van der Waals surface area (Å²) in [5, 5.41) is 1.98. The Labute approximate surface area is 117 Å². The number of carbonyl (C=O) groups is 3. The van der Waals surface area contributed by atoms with Crippen molar-refractivity contribution in [2.75, 3.05) is 18.0 Å². The molecule has 0 radical (unpaired) electrons. The van der Waals surface area contributed by atoms with Crippen LogP contribution in [0.4, 0.5) is 10.5 Å². The first-order chi connectivity index (χ1) is 9.56. The average molecular weight is 275 g/mol. The summed E-state index contributed by atoms with van der Waals surface area (Å²) in [5.74, 6) is -1.67. The molecule has 1 aliphatic rings. The highest BCUT2D eigenvalue weighted by molar-refractivity contribution is 6.44. The third-order valence-electron chi connectivity index (χ3n) is 3.31. The van der Waals surface area contributed by atoms with E-state index < -0.39 is 17.8 Å². The predicted molar refractivity (Wildman–Crippen MR) is 74.1 cm³/mol. The topological polar surface area (TPSA) is 69.7 Å². The van der Waals surface area contributed by atoms with E-state index in [2.05, 4.69) is 18.7 Å². The fraction of sp³-hybridized carbons (Fsp3) is 0.357. The molecule has 0 aromatic heterocycles. The van der Waals surface area contributed by atoms with Crippen LogP contribution in [0.15, 0.2) is 24.3 Å². The number of imide groups is 2. The van der Waals surface area contributed by atoms with Crippen molar-refractivity contribution < 1.29 is 14.4 Å². The molecule has 4 amide bonds. The normalized spacial score (nSPS) is 14.7. The van der Waals surface area contributed by atoms with Gasteiger partial charge in [-0.15, -0.1) is 0 Å². The van der Waals surface area contributed by atoms with Crippen molar-refractivity contribution in [2.24, 2.45) is 0 Å². The first kappa shape index (κ1) is 14.0. The first-order valence-corrected chi connectivity index (χ1v) is 6.57. The molecule has 1 heterocycles. The van der Waals surface area contributed by atoms with Crippen LogP contribution in [-0.4, -0.2) is 35.8 Å². The summed E-state index contributed by atoms with van der Waals surface area (Å²) in [5.41, 5.74) is 1.89. The summed E-state index contributed by atoms with van der Waals surface area (Å²) in [6, 6.07) is 6.95. The Morgan fingerprint density at radius 2 is 1.65 bits per heavy atom. The van der Waals surface area contributed by atoms with Gasteiger partial charge in [-0.3, -0.25) is 19.8 Å². The molecule has 1 fully saturated rings. The molecule has 2 rings (SSSR count). The number of amides is 4. The van der Waals surface area contributed by atoms with Gasteiger partial charge in [-0.2, -0.15) is 0 Å². The fourth-order valence-corrected chi connectivity index (χ4v) is 2.16. The highest BCUT2D eigenvalue weighted by Gasteiger charge is 2.36. The Morgan fingerprint density at radius 1 is 1.05 bits per heavy atom. The Balaban J connectivity index is 2.10. The molecule has 6 heteroatoms. The van der Waals surface area contributed by atoms with Crippen LogP contribution in [0.5, 0.6) is 0 Å². The molecule has 0 saturated carbocycles. The van der Waals surface area contributed by atoms with Crippen LogP contribution in [0.25, 0.3) is 0 Å². The third-order valence-corrected chi connectivity index (χ3v) is 3.31. The zero-order valence-corrected chi connectivity index (χ0v) is 11.5. The first-order valence-electron chi connectivity index (χ1n) is 6.57. The van der Waals surface area contributed by atoms with Crippen molar-refractivity contribution in [3.8, 4) is 0 Å². The van der Waals surface area contributed by atoms with E-state index in [1.54, 1.807) is 0 Å². The summed E-state index contributed by atoms with van der Waals surface area (Å²) in [7, 11) is 0. The van der Waals surface area contributed by atoms with Crippen LogP contribution >= 0.6 is 0 Å².